The topological polar surface area (TPSA) is 37.4 Å². The molecule has 0 bridgehead atoms. The van der Waals surface area contributed by atoms with Crippen LogP contribution >= 0.6 is 0 Å². The van der Waals surface area contributed by atoms with Crippen molar-refractivity contribution in [2.45, 2.75) is 31.0 Å². The number of hydrogen-bond acceptors (Lipinski definition) is 3. The number of halogens is 3. The number of nitrogens with zero attached hydrogens (tertiary/aromatic N) is 1. The van der Waals surface area contributed by atoms with Crippen molar-refractivity contribution in [3.05, 3.63) is 89.5 Å². The molecule has 0 amide bonds. The van der Waals surface area contributed by atoms with Gasteiger partial charge in [-0.25, -0.2) is 8.42 Å². The summed E-state index contributed by atoms with van der Waals surface area (Å²) in [7, 11) is -3.82. The Balaban J connectivity index is 1.39. The van der Waals surface area contributed by atoms with E-state index in [1.165, 1.54) is 13.0 Å². The Hall–Kier alpha value is -2.64. The third kappa shape index (κ3) is 5.65. The highest BCUT2D eigenvalue weighted by molar-refractivity contribution is 7.91. The molecule has 1 aliphatic rings. The first-order valence-corrected chi connectivity index (χ1v) is 12.5. The smallest absolute Gasteiger partial charge is 0.299 e. The molecular formula is C26H26F3NO2S. The molecule has 174 valence electrons. The SMILES string of the molecule is Cc1ccc(C(F)(F)F)cc1S(=O)(=O)C[C@@H]1CCN(Cc2ccc(-c3ccccc3)cc2)C1. The van der Waals surface area contributed by atoms with Crippen LogP contribution in [0.25, 0.3) is 11.1 Å². The van der Waals surface area contributed by atoms with Crippen LogP contribution in [0.2, 0.25) is 0 Å². The first-order valence-electron chi connectivity index (χ1n) is 10.9. The Kier molecular flexibility index (Phi) is 6.64. The van der Waals surface area contributed by atoms with E-state index in [1.807, 2.05) is 18.2 Å². The van der Waals surface area contributed by atoms with Crippen molar-refractivity contribution >= 4 is 9.84 Å². The van der Waals surface area contributed by atoms with Crippen LogP contribution in [0.4, 0.5) is 13.2 Å². The van der Waals surface area contributed by atoms with Crippen molar-refractivity contribution in [1.29, 1.82) is 0 Å². The van der Waals surface area contributed by atoms with Gasteiger partial charge in [0.2, 0.25) is 0 Å². The fraction of sp³-hybridized carbons (Fsp3) is 0.308. The molecule has 1 aliphatic heterocycles. The number of benzene rings is 3. The highest BCUT2D eigenvalue weighted by atomic mass is 32.2. The normalized spacial score (nSPS) is 17.4. The van der Waals surface area contributed by atoms with Crippen molar-refractivity contribution in [2.24, 2.45) is 5.92 Å². The summed E-state index contributed by atoms with van der Waals surface area (Å²) in [6.07, 6.45) is -3.86. The number of likely N-dealkylation sites (tertiary alicyclic amines) is 1. The van der Waals surface area contributed by atoms with E-state index in [2.05, 4.69) is 41.3 Å². The van der Waals surface area contributed by atoms with Crippen LogP contribution in [0.1, 0.15) is 23.1 Å². The molecule has 1 fully saturated rings. The molecule has 1 atom stereocenters. The summed E-state index contributed by atoms with van der Waals surface area (Å²) in [4.78, 5) is 1.99. The lowest BCUT2D eigenvalue weighted by Gasteiger charge is -2.17. The van der Waals surface area contributed by atoms with Crippen LogP contribution in [0.5, 0.6) is 0 Å². The summed E-state index contributed by atoms with van der Waals surface area (Å²) in [5, 5.41) is 0. The maximum Gasteiger partial charge on any atom is 0.416 e. The number of sulfone groups is 1. The Morgan fingerprint density at radius 1 is 0.939 bits per heavy atom. The molecule has 33 heavy (non-hydrogen) atoms. The maximum atomic E-state index is 13.1. The average molecular weight is 474 g/mol. The molecule has 0 radical (unpaired) electrons. The number of rotatable bonds is 6. The Morgan fingerprint density at radius 3 is 2.27 bits per heavy atom. The number of alkyl halides is 3. The van der Waals surface area contributed by atoms with Gasteiger partial charge in [-0.1, -0.05) is 60.7 Å². The lowest BCUT2D eigenvalue weighted by molar-refractivity contribution is -0.137. The maximum absolute atomic E-state index is 13.1. The van der Waals surface area contributed by atoms with Gasteiger partial charge in [-0.05, 0) is 60.2 Å². The summed E-state index contributed by atoms with van der Waals surface area (Å²) >= 11 is 0. The minimum Gasteiger partial charge on any atom is -0.299 e. The zero-order chi connectivity index (χ0) is 23.6. The summed E-state index contributed by atoms with van der Waals surface area (Å²) in [5.74, 6) is -0.244. The molecule has 0 N–H and O–H groups in total. The molecule has 0 aliphatic carbocycles. The molecule has 3 aromatic rings. The van der Waals surface area contributed by atoms with Gasteiger partial charge in [0.05, 0.1) is 16.2 Å². The lowest BCUT2D eigenvalue weighted by atomic mass is 10.0. The van der Waals surface area contributed by atoms with Crippen LogP contribution in [0, 0.1) is 12.8 Å². The predicted octanol–water partition coefficient (Wildman–Crippen LogP) is 5.98. The zero-order valence-electron chi connectivity index (χ0n) is 18.3. The van der Waals surface area contributed by atoms with Gasteiger partial charge in [-0.3, -0.25) is 4.90 Å². The summed E-state index contributed by atoms with van der Waals surface area (Å²) in [6, 6.07) is 21.4. The standard InChI is InChI=1S/C26H26F3NO2S/c1-19-7-12-24(26(27,28)29)15-25(19)33(31,32)18-21-13-14-30(17-21)16-20-8-10-23(11-9-20)22-5-3-2-4-6-22/h2-12,15,21H,13-14,16-18H2,1H3/t21-/m1/s1. The zero-order valence-corrected chi connectivity index (χ0v) is 19.2. The Labute approximate surface area is 192 Å². The molecular weight excluding hydrogens is 447 g/mol. The van der Waals surface area contributed by atoms with Gasteiger partial charge < -0.3 is 0 Å². The first-order chi connectivity index (χ1) is 15.6. The molecule has 0 saturated carbocycles. The third-order valence-electron chi connectivity index (χ3n) is 6.14. The van der Waals surface area contributed by atoms with Gasteiger partial charge in [0.15, 0.2) is 9.84 Å². The van der Waals surface area contributed by atoms with Crippen molar-refractivity contribution < 1.29 is 21.6 Å². The van der Waals surface area contributed by atoms with Crippen LogP contribution in [-0.4, -0.2) is 32.2 Å². The second-order valence-electron chi connectivity index (χ2n) is 8.71. The first kappa shape index (κ1) is 23.5. The lowest BCUT2D eigenvalue weighted by Crippen LogP contribution is -2.23. The third-order valence-corrected chi connectivity index (χ3v) is 8.16. The van der Waals surface area contributed by atoms with Crippen molar-refractivity contribution in [3.63, 3.8) is 0 Å². The molecule has 3 nitrogen and oxygen atoms in total. The molecule has 0 aromatic heterocycles. The fourth-order valence-corrected chi connectivity index (χ4v) is 6.33. The summed E-state index contributed by atoms with van der Waals surface area (Å²) in [6.45, 7) is 3.63. The minimum absolute atomic E-state index is 0.104. The second-order valence-corrected chi connectivity index (χ2v) is 10.7. The van der Waals surface area contributed by atoms with E-state index in [4.69, 9.17) is 0 Å². The van der Waals surface area contributed by atoms with Gasteiger partial charge in [0, 0.05) is 13.1 Å². The Bertz CT molecular complexity index is 1210. The van der Waals surface area contributed by atoms with E-state index < -0.39 is 21.6 Å². The highest BCUT2D eigenvalue weighted by Gasteiger charge is 2.34. The van der Waals surface area contributed by atoms with E-state index in [1.54, 1.807) is 0 Å². The van der Waals surface area contributed by atoms with E-state index in [9.17, 15) is 21.6 Å². The van der Waals surface area contributed by atoms with Crippen molar-refractivity contribution in [3.8, 4) is 11.1 Å². The molecule has 4 rings (SSSR count). The van der Waals surface area contributed by atoms with Gasteiger partial charge in [0.25, 0.3) is 0 Å². The molecule has 1 heterocycles. The average Bonchev–Trinajstić information content (AvgIpc) is 3.20. The van der Waals surface area contributed by atoms with Gasteiger partial charge in [-0.15, -0.1) is 0 Å². The molecule has 3 aromatic carbocycles. The van der Waals surface area contributed by atoms with Gasteiger partial charge in [-0.2, -0.15) is 13.2 Å². The van der Waals surface area contributed by atoms with Crippen molar-refractivity contribution in [1.82, 2.24) is 4.90 Å². The fourth-order valence-electron chi connectivity index (χ4n) is 4.40. The van der Waals surface area contributed by atoms with E-state index >= 15 is 0 Å². The van der Waals surface area contributed by atoms with Crippen LogP contribution < -0.4 is 0 Å². The van der Waals surface area contributed by atoms with E-state index in [0.29, 0.717) is 25.1 Å². The summed E-state index contributed by atoms with van der Waals surface area (Å²) in [5.41, 5.74) is 2.85. The van der Waals surface area contributed by atoms with Crippen molar-refractivity contribution in [2.75, 3.05) is 18.8 Å². The monoisotopic (exact) mass is 473 g/mol. The van der Waals surface area contributed by atoms with Crippen LogP contribution in [-0.2, 0) is 22.6 Å². The predicted molar refractivity (Wildman–Crippen MR) is 123 cm³/mol. The number of aryl methyl sites for hydroxylation is 1. The molecule has 0 spiro atoms. The highest BCUT2D eigenvalue weighted by Crippen LogP contribution is 2.33. The van der Waals surface area contributed by atoms with Gasteiger partial charge in [0.1, 0.15) is 0 Å². The second kappa shape index (κ2) is 9.31. The minimum atomic E-state index is -4.57. The van der Waals surface area contributed by atoms with E-state index in [0.717, 1.165) is 35.4 Å². The Morgan fingerprint density at radius 2 is 1.61 bits per heavy atom. The largest absolute Gasteiger partial charge is 0.416 e. The number of hydrogen-bond donors (Lipinski definition) is 0. The van der Waals surface area contributed by atoms with Crippen LogP contribution in [0.15, 0.2) is 77.7 Å². The quantitative estimate of drug-likeness (QED) is 0.442. The molecule has 0 unspecified atom stereocenters. The molecule has 1 saturated heterocycles. The molecule has 7 heteroatoms. The summed E-state index contributed by atoms with van der Waals surface area (Å²) < 4.78 is 65.1. The van der Waals surface area contributed by atoms with Gasteiger partial charge >= 0.3 is 6.18 Å². The van der Waals surface area contributed by atoms with Crippen LogP contribution in [0.3, 0.4) is 0 Å². The van der Waals surface area contributed by atoms with E-state index in [-0.39, 0.29) is 16.6 Å².